The normalized spacial score (nSPS) is 11.7. The second-order valence-electron chi connectivity index (χ2n) is 6.14. The minimum absolute atomic E-state index is 0.0614. The third-order valence-electron chi connectivity index (χ3n) is 4.03. The second-order valence-corrected chi connectivity index (χ2v) is 9.94. The Hall–Kier alpha value is -2.14. The molecule has 0 spiro atoms. The van der Waals surface area contributed by atoms with Gasteiger partial charge in [-0.1, -0.05) is 60.3 Å². The summed E-state index contributed by atoms with van der Waals surface area (Å²) < 4.78 is 52.2. The van der Waals surface area contributed by atoms with E-state index in [1.165, 1.54) is 12.1 Å². The van der Waals surface area contributed by atoms with Crippen molar-refractivity contribution in [3.63, 3.8) is 0 Å². The van der Waals surface area contributed by atoms with Gasteiger partial charge in [0.1, 0.15) is 0 Å². The lowest BCUT2D eigenvalue weighted by molar-refractivity contribution is 0.220. The third-order valence-corrected chi connectivity index (χ3v) is 8.04. The summed E-state index contributed by atoms with van der Waals surface area (Å²) in [5, 5.41) is 0. The summed E-state index contributed by atoms with van der Waals surface area (Å²) in [5.74, 6) is 0. The molecule has 0 aromatic heterocycles. The highest BCUT2D eigenvalue weighted by atomic mass is 32.2. The van der Waals surface area contributed by atoms with Gasteiger partial charge in [0.15, 0.2) is 5.44 Å². The van der Waals surface area contributed by atoms with Crippen molar-refractivity contribution in [3.8, 4) is 0 Å². The van der Waals surface area contributed by atoms with Gasteiger partial charge in [0, 0.05) is 0 Å². The monoisotopic (exact) mass is 435 g/mol. The SMILES string of the molecule is C=C=C(N(Cc1ccccc1)S(=O)(=O)c1ccc(C)cc1)P(=O)(OCC)OCC. The summed E-state index contributed by atoms with van der Waals surface area (Å²) >= 11 is 0. The first-order valence-electron chi connectivity index (χ1n) is 9.21. The molecule has 6 nitrogen and oxygen atoms in total. The van der Waals surface area contributed by atoms with Crippen LogP contribution in [0.2, 0.25) is 0 Å². The molecule has 0 saturated carbocycles. The Labute approximate surface area is 173 Å². The second kappa shape index (κ2) is 10.1. The molecule has 2 aromatic carbocycles. The number of rotatable bonds is 10. The van der Waals surface area contributed by atoms with Crippen molar-refractivity contribution < 1.29 is 22.0 Å². The highest BCUT2D eigenvalue weighted by molar-refractivity contribution is 7.89. The van der Waals surface area contributed by atoms with Crippen molar-refractivity contribution in [1.29, 1.82) is 0 Å². The van der Waals surface area contributed by atoms with Crippen LogP contribution in [-0.2, 0) is 30.2 Å². The first-order chi connectivity index (χ1) is 13.8. The predicted molar refractivity (Wildman–Crippen MR) is 114 cm³/mol. The molecule has 0 saturated heterocycles. The fourth-order valence-corrected chi connectivity index (χ4v) is 6.19. The molecule has 0 bridgehead atoms. The molecule has 0 fully saturated rings. The van der Waals surface area contributed by atoms with Crippen LogP contribution in [0.25, 0.3) is 0 Å². The molecule has 29 heavy (non-hydrogen) atoms. The topological polar surface area (TPSA) is 72.9 Å². The van der Waals surface area contributed by atoms with Gasteiger partial charge in [-0.05, 0) is 38.5 Å². The predicted octanol–water partition coefficient (Wildman–Crippen LogP) is 5.08. The summed E-state index contributed by atoms with van der Waals surface area (Å²) in [5.41, 5.74) is 3.92. The molecule has 0 amide bonds. The molecular weight excluding hydrogens is 409 g/mol. The van der Waals surface area contributed by atoms with Gasteiger partial charge < -0.3 is 9.05 Å². The minimum atomic E-state index is -4.09. The fraction of sp³-hybridized carbons (Fsp3) is 0.286. The lowest BCUT2D eigenvalue weighted by Gasteiger charge is -2.29. The van der Waals surface area contributed by atoms with Gasteiger partial charge in [0.05, 0.1) is 24.7 Å². The Morgan fingerprint density at radius 2 is 1.59 bits per heavy atom. The van der Waals surface area contributed by atoms with Crippen LogP contribution in [0.3, 0.4) is 0 Å². The lowest BCUT2D eigenvalue weighted by Crippen LogP contribution is -2.30. The molecule has 0 heterocycles. The van der Waals surface area contributed by atoms with E-state index in [9.17, 15) is 13.0 Å². The summed E-state index contributed by atoms with van der Waals surface area (Å²) in [7, 11) is -8.04. The average Bonchev–Trinajstić information content (AvgIpc) is 2.69. The van der Waals surface area contributed by atoms with Crippen LogP contribution < -0.4 is 0 Å². The van der Waals surface area contributed by atoms with E-state index < -0.39 is 17.6 Å². The van der Waals surface area contributed by atoms with Crippen molar-refractivity contribution in [2.45, 2.75) is 32.2 Å². The van der Waals surface area contributed by atoms with E-state index in [-0.39, 0.29) is 30.1 Å². The van der Waals surface area contributed by atoms with Gasteiger partial charge in [0.2, 0.25) is 0 Å². The van der Waals surface area contributed by atoms with Crippen molar-refractivity contribution >= 4 is 17.6 Å². The van der Waals surface area contributed by atoms with E-state index in [2.05, 4.69) is 12.3 Å². The maximum Gasteiger partial charge on any atom is 0.386 e. The Balaban J connectivity index is 2.64. The number of sulfonamides is 1. The highest BCUT2D eigenvalue weighted by Gasteiger charge is 2.40. The number of hydrogen-bond donors (Lipinski definition) is 0. The van der Waals surface area contributed by atoms with Crippen LogP contribution in [0.15, 0.2) is 77.2 Å². The van der Waals surface area contributed by atoms with Crippen molar-refractivity contribution in [2.24, 2.45) is 0 Å². The van der Waals surface area contributed by atoms with Crippen LogP contribution in [0.4, 0.5) is 0 Å². The van der Waals surface area contributed by atoms with Crippen molar-refractivity contribution in [2.75, 3.05) is 13.2 Å². The summed E-state index contributed by atoms with van der Waals surface area (Å²) in [4.78, 5) is 0.0614. The molecule has 0 atom stereocenters. The molecular formula is C21H26NO5PS. The molecule has 0 aliphatic carbocycles. The largest absolute Gasteiger partial charge is 0.386 e. The smallest absolute Gasteiger partial charge is 0.304 e. The fourth-order valence-electron chi connectivity index (χ4n) is 2.68. The van der Waals surface area contributed by atoms with Crippen LogP contribution >= 0.6 is 7.60 Å². The average molecular weight is 435 g/mol. The first kappa shape index (κ1) is 23.1. The van der Waals surface area contributed by atoms with E-state index in [0.717, 1.165) is 9.87 Å². The number of nitrogens with zero attached hydrogens (tertiary/aromatic N) is 1. The number of benzene rings is 2. The van der Waals surface area contributed by atoms with Crippen LogP contribution in [-0.4, -0.2) is 25.9 Å². The van der Waals surface area contributed by atoms with Gasteiger partial charge in [-0.3, -0.25) is 4.57 Å². The van der Waals surface area contributed by atoms with E-state index in [1.807, 2.05) is 13.0 Å². The maximum absolute atomic E-state index is 13.5. The number of aryl methyl sites for hydroxylation is 1. The molecule has 0 radical (unpaired) electrons. The van der Waals surface area contributed by atoms with E-state index >= 15 is 0 Å². The third kappa shape index (κ3) is 5.47. The zero-order valence-corrected chi connectivity index (χ0v) is 18.6. The Morgan fingerprint density at radius 3 is 2.07 bits per heavy atom. The molecule has 0 aliphatic rings. The van der Waals surface area contributed by atoms with Gasteiger partial charge in [-0.25, -0.2) is 12.7 Å². The van der Waals surface area contributed by atoms with Crippen molar-refractivity contribution in [3.05, 3.63) is 83.5 Å². The zero-order valence-electron chi connectivity index (χ0n) is 16.9. The van der Waals surface area contributed by atoms with Crippen molar-refractivity contribution in [1.82, 2.24) is 4.31 Å². The Bertz CT molecular complexity index is 1000. The molecule has 0 N–H and O–H groups in total. The van der Waals surface area contributed by atoms with E-state index in [0.29, 0.717) is 5.56 Å². The standard InChI is InChI=1S/C21H26NO5PS/c1-5-21(28(23,26-6-2)27-7-3)22(17-19-11-9-8-10-12-19)29(24,25)20-15-13-18(4)14-16-20/h8-16H,1,6-7,17H2,2-4H3. The van der Waals surface area contributed by atoms with Gasteiger partial charge in [0.25, 0.3) is 10.0 Å². The Morgan fingerprint density at radius 1 is 1.03 bits per heavy atom. The molecule has 0 aliphatic heterocycles. The molecule has 2 aromatic rings. The molecule has 156 valence electrons. The van der Waals surface area contributed by atoms with Crippen LogP contribution in [0.5, 0.6) is 0 Å². The minimum Gasteiger partial charge on any atom is -0.304 e. The van der Waals surface area contributed by atoms with Gasteiger partial charge in [-0.15, -0.1) is 0 Å². The quantitative estimate of drug-likeness (QED) is 0.384. The van der Waals surface area contributed by atoms with Gasteiger partial charge >= 0.3 is 7.60 Å². The number of hydrogen-bond acceptors (Lipinski definition) is 5. The maximum atomic E-state index is 13.5. The Kier molecular flexibility index (Phi) is 8.03. The summed E-state index contributed by atoms with van der Waals surface area (Å²) in [6.07, 6.45) is 0. The molecule has 8 heteroatoms. The highest BCUT2D eigenvalue weighted by Crippen LogP contribution is 2.57. The summed E-state index contributed by atoms with van der Waals surface area (Å²) in [6, 6.07) is 15.4. The zero-order chi connectivity index (χ0) is 21.5. The first-order valence-corrected chi connectivity index (χ1v) is 12.2. The molecule has 2 rings (SSSR count). The van der Waals surface area contributed by atoms with Gasteiger partial charge in [-0.2, -0.15) is 0 Å². The molecule has 0 unspecified atom stereocenters. The van der Waals surface area contributed by atoms with Crippen LogP contribution in [0, 0.1) is 6.92 Å². The van der Waals surface area contributed by atoms with E-state index in [1.54, 1.807) is 50.2 Å². The lowest BCUT2D eigenvalue weighted by atomic mass is 10.2. The van der Waals surface area contributed by atoms with E-state index in [4.69, 9.17) is 9.05 Å². The van der Waals surface area contributed by atoms with Crippen LogP contribution in [0.1, 0.15) is 25.0 Å². The summed E-state index contributed by atoms with van der Waals surface area (Å²) in [6.45, 7) is 8.83.